The van der Waals surface area contributed by atoms with Crippen LogP contribution in [0.1, 0.15) is 22.3 Å². The molecule has 1 heteroatoms. The molecule has 0 N–H and O–H groups in total. The van der Waals surface area contributed by atoms with Gasteiger partial charge in [-0.3, -0.25) is 0 Å². The highest BCUT2D eigenvalue weighted by atomic mass is 28.3. The van der Waals surface area contributed by atoms with E-state index in [-0.39, 0.29) is 0 Å². The molecule has 0 unspecified atom stereocenters. The third-order valence-electron chi connectivity index (χ3n) is 4.71. The Morgan fingerprint density at radius 1 is 0.571 bits per heavy atom. The van der Waals surface area contributed by atoms with E-state index in [4.69, 9.17) is 0 Å². The predicted octanol–water partition coefficient (Wildman–Crippen LogP) is 4.56. The second-order valence-corrected chi connectivity index (χ2v) is 10.6. The minimum Gasteiger partial charge on any atom is -0.0679 e. The molecule has 0 atom stereocenters. The molecule has 2 aromatic rings. The van der Waals surface area contributed by atoms with E-state index in [0.717, 1.165) is 0 Å². The fraction of sp³-hybridized carbons (Fsp3) is 0.100. The topological polar surface area (TPSA) is 0 Å². The summed E-state index contributed by atoms with van der Waals surface area (Å²) in [4.78, 5) is 0. The van der Waals surface area contributed by atoms with Crippen LogP contribution in [0.2, 0.25) is 13.1 Å². The van der Waals surface area contributed by atoms with Gasteiger partial charge < -0.3 is 0 Å². The second-order valence-electron chi connectivity index (χ2n) is 6.29. The van der Waals surface area contributed by atoms with Gasteiger partial charge in [0.2, 0.25) is 0 Å². The Kier molecular flexibility index (Phi) is 3.07. The summed E-state index contributed by atoms with van der Waals surface area (Å²) in [5.74, 6) is 0. The fourth-order valence-electron chi connectivity index (χ4n) is 3.54. The van der Waals surface area contributed by atoms with E-state index in [1.807, 2.05) is 0 Å². The monoisotopic (exact) mass is 286 g/mol. The first kappa shape index (κ1) is 13.3. The standard InChI is InChI=1S/C20H18Si/c1-21(2,19-13-11-15-7-3-5-9-17(15)19)20-14-12-16-8-4-6-10-18(16)20/h3-14H,1-2H3. The summed E-state index contributed by atoms with van der Waals surface area (Å²) in [5, 5.41) is 0. The van der Waals surface area contributed by atoms with Gasteiger partial charge in [0.15, 0.2) is 0 Å². The van der Waals surface area contributed by atoms with Crippen molar-refractivity contribution in [3.05, 3.63) is 108 Å². The van der Waals surface area contributed by atoms with Crippen LogP contribution in [0.15, 0.2) is 48.5 Å². The largest absolute Gasteiger partial charge is 0.0721 e. The molecule has 102 valence electrons. The van der Waals surface area contributed by atoms with Crippen molar-refractivity contribution >= 4 is 8.07 Å². The number of benzene rings is 2. The van der Waals surface area contributed by atoms with Crippen LogP contribution in [-0.2, 0) is 0 Å². The molecule has 0 amide bonds. The Morgan fingerprint density at radius 2 is 1.00 bits per heavy atom. The molecule has 0 heterocycles. The number of hydrogen-bond donors (Lipinski definition) is 0. The van der Waals surface area contributed by atoms with Gasteiger partial charge in [-0.05, 0) is 47.9 Å². The summed E-state index contributed by atoms with van der Waals surface area (Å²) in [6.45, 7) is 4.94. The minimum atomic E-state index is -1.68. The molecule has 0 spiro atoms. The molecule has 0 fully saturated rings. The Morgan fingerprint density at radius 3 is 1.48 bits per heavy atom. The van der Waals surface area contributed by atoms with Crippen molar-refractivity contribution in [2.75, 3.05) is 0 Å². The van der Waals surface area contributed by atoms with Gasteiger partial charge in [0.25, 0.3) is 0 Å². The average Bonchev–Trinajstić information content (AvgIpc) is 3.12. The van der Waals surface area contributed by atoms with E-state index in [1.165, 1.54) is 22.3 Å². The molecular weight excluding hydrogens is 268 g/mol. The highest BCUT2D eigenvalue weighted by Gasteiger charge is 2.46. The molecule has 2 aliphatic rings. The van der Waals surface area contributed by atoms with Gasteiger partial charge in [0, 0.05) is 11.1 Å². The molecule has 0 saturated carbocycles. The maximum atomic E-state index is 2.47. The van der Waals surface area contributed by atoms with Crippen LogP contribution >= 0.6 is 0 Å². The van der Waals surface area contributed by atoms with Gasteiger partial charge in [0.1, 0.15) is 0 Å². The summed E-state index contributed by atoms with van der Waals surface area (Å²) >= 11 is 0. The van der Waals surface area contributed by atoms with Crippen molar-refractivity contribution in [3.63, 3.8) is 0 Å². The van der Waals surface area contributed by atoms with Crippen LogP contribution in [0, 0.1) is 36.8 Å². The molecule has 0 aliphatic heterocycles. The molecule has 4 rings (SSSR count). The zero-order valence-corrected chi connectivity index (χ0v) is 13.4. The summed E-state index contributed by atoms with van der Waals surface area (Å²) in [6.07, 6.45) is 9.23. The minimum absolute atomic E-state index is 1.36. The van der Waals surface area contributed by atoms with Gasteiger partial charge >= 0.3 is 0 Å². The fourth-order valence-corrected chi connectivity index (χ4v) is 6.63. The third-order valence-corrected chi connectivity index (χ3v) is 8.27. The normalized spacial score (nSPS) is 18.8. The van der Waals surface area contributed by atoms with Gasteiger partial charge in [-0.1, -0.05) is 61.6 Å². The lowest BCUT2D eigenvalue weighted by molar-refractivity contribution is 1.30. The quantitative estimate of drug-likeness (QED) is 0.710. The van der Waals surface area contributed by atoms with Crippen molar-refractivity contribution in [2.24, 2.45) is 0 Å². The molecule has 6 radical (unpaired) electrons. The average molecular weight is 286 g/mol. The first-order valence-corrected chi connectivity index (χ1v) is 10.5. The first-order valence-electron chi connectivity index (χ1n) is 7.48. The Balaban J connectivity index is 1.73. The third kappa shape index (κ3) is 2.02. The van der Waals surface area contributed by atoms with E-state index in [2.05, 4.69) is 87.3 Å². The van der Waals surface area contributed by atoms with Crippen molar-refractivity contribution in [2.45, 2.75) is 13.1 Å². The van der Waals surface area contributed by atoms with E-state index in [1.54, 1.807) is 11.1 Å². The molecule has 0 bridgehead atoms. The van der Waals surface area contributed by atoms with E-state index in [9.17, 15) is 0 Å². The smallest absolute Gasteiger partial charge is 0.0679 e. The SMILES string of the molecule is C[Si](C)([C]1[CH][CH]c2ccccc21)[C]1[CH][CH]c2ccccc21. The van der Waals surface area contributed by atoms with Gasteiger partial charge in [0.05, 0.1) is 8.07 Å². The highest BCUT2D eigenvalue weighted by molar-refractivity contribution is 6.90. The summed E-state index contributed by atoms with van der Waals surface area (Å²) in [5.41, 5.74) is 8.69. The maximum Gasteiger partial charge on any atom is 0.0721 e. The summed E-state index contributed by atoms with van der Waals surface area (Å²) in [7, 11) is -1.68. The highest BCUT2D eigenvalue weighted by Crippen LogP contribution is 2.48. The van der Waals surface area contributed by atoms with E-state index < -0.39 is 8.07 Å². The molecule has 2 aliphatic carbocycles. The van der Waals surface area contributed by atoms with Crippen LogP contribution in [0.25, 0.3) is 0 Å². The van der Waals surface area contributed by atoms with Crippen LogP contribution < -0.4 is 0 Å². The summed E-state index contributed by atoms with van der Waals surface area (Å²) < 4.78 is 0. The van der Waals surface area contributed by atoms with Crippen molar-refractivity contribution in [1.29, 1.82) is 0 Å². The van der Waals surface area contributed by atoms with Crippen LogP contribution in [-0.4, -0.2) is 8.07 Å². The molecule has 2 aromatic carbocycles. The molecular formula is C20H18Si. The summed E-state index contributed by atoms with van der Waals surface area (Å²) in [6, 6.07) is 17.5. The Bertz CT molecular complexity index is 614. The van der Waals surface area contributed by atoms with Crippen molar-refractivity contribution in [3.8, 4) is 0 Å². The Hall–Kier alpha value is -1.34. The number of fused-ring (bicyclic) bond motifs is 2. The van der Waals surface area contributed by atoms with Crippen LogP contribution in [0.3, 0.4) is 0 Å². The Labute approximate surface area is 129 Å². The van der Waals surface area contributed by atoms with Crippen LogP contribution in [0.4, 0.5) is 0 Å². The van der Waals surface area contributed by atoms with Crippen molar-refractivity contribution in [1.82, 2.24) is 0 Å². The molecule has 0 aromatic heterocycles. The lowest BCUT2D eigenvalue weighted by Crippen LogP contribution is -2.42. The van der Waals surface area contributed by atoms with Gasteiger partial charge in [-0.25, -0.2) is 0 Å². The lowest BCUT2D eigenvalue weighted by Gasteiger charge is -2.35. The predicted molar refractivity (Wildman–Crippen MR) is 90.5 cm³/mol. The molecule has 0 nitrogen and oxygen atoms in total. The molecule has 21 heavy (non-hydrogen) atoms. The van der Waals surface area contributed by atoms with Gasteiger partial charge in [-0.2, -0.15) is 0 Å². The van der Waals surface area contributed by atoms with Crippen molar-refractivity contribution < 1.29 is 0 Å². The lowest BCUT2D eigenvalue weighted by atomic mass is 10.1. The second kappa shape index (κ2) is 4.84. The van der Waals surface area contributed by atoms with Gasteiger partial charge in [-0.15, -0.1) is 0 Å². The van der Waals surface area contributed by atoms with E-state index >= 15 is 0 Å². The first-order chi connectivity index (χ1) is 10.2. The zero-order chi connectivity index (χ0) is 14.4. The van der Waals surface area contributed by atoms with Crippen LogP contribution in [0.5, 0.6) is 0 Å². The number of hydrogen-bond acceptors (Lipinski definition) is 0. The maximum absolute atomic E-state index is 2.47. The number of rotatable bonds is 2. The van der Waals surface area contributed by atoms with E-state index in [0.29, 0.717) is 0 Å². The zero-order valence-electron chi connectivity index (χ0n) is 12.4. The molecule has 0 saturated heterocycles.